The molecule has 1 saturated carbocycles. The number of rotatable bonds is 0. The molecule has 1 spiro atoms. The van der Waals surface area contributed by atoms with E-state index in [2.05, 4.69) is 10.2 Å². The van der Waals surface area contributed by atoms with Gasteiger partial charge in [-0.25, -0.2) is 0 Å². The van der Waals surface area contributed by atoms with E-state index in [1.165, 1.54) is 25.7 Å². The van der Waals surface area contributed by atoms with Crippen molar-refractivity contribution in [1.82, 2.24) is 10.2 Å². The Morgan fingerprint density at radius 3 is 3.00 bits per heavy atom. The molecule has 3 fully saturated rings. The molecule has 2 saturated heterocycles. The highest BCUT2D eigenvalue weighted by Crippen LogP contribution is 2.51. The van der Waals surface area contributed by atoms with Crippen LogP contribution in [0.1, 0.15) is 25.7 Å². The minimum atomic E-state index is 0.222. The van der Waals surface area contributed by atoms with Crippen molar-refractivity contribution in [3.63, 3.8) is 0 Å². The molecular weight excluding hydrogens is 152 g/mol. The number of amides is 1. The fourth-order valence-electron chi connectivity index (χ4n) is 2.75. The van der Waals surface area contributed by atoms with Crippen LogP contribution in [0.2, 0.25) is 0 Å². The quantitative estimate of drug-likeness (QED) is 0.554. The topological polar surface area (TPSA) is 32.3 Å². The lowest BCUT2D eigenvalue weighted by molar-refractivity contribution is -0.125. The maximum absolute atomic E-state index is 11.2. The van der Waals surface area contributed by atoms with Crippen LogP contribution in [0.4, 0.5) is 0 Å². The van der Waals surface area contributed by atoms with Crippen molar-refractivity contribution < 1.29 is 4.79 Å². The minimum Gasteiger partial charge on any atom is -0.353 e. The standard InChI is InChI=1S/C9H14N2O/c12-8-6-11-7(5-10-8)1-2-9(11)3-4-9/h7H,1-6H2,(H,10,12)/t7-/m1/s1. The van der Waals surface area contributed by atoms with E-state index in [-0.39, 0.29) is 5.91 Å². The van der Waals surface area contributed by atoms with Crippen LogP contribution < -0.4 is 5.32 Å². The van der Waals surface area contributed by atoms with E-state index in [4.69, 9.17) is 0 Å². The van der Waals surface area contributed by atoms with Crippen molar-refractivity contribution in [1.29, 1.82) is 0 Å². The molecule has 12 heavy (non-hydrogen) atoms. The molecule has 66 valence electrons. The summed E-state index contributed by atoms with van der Waals surface area (Å²) in [6.07, 6.45) is 5.28. The smallest absolute Gasteiger partial charge is 0.234 e. The second kappa shape index (κ2) is 2.02. The molecule has 1 aliphatic carbocycles. The lowest BCUT2D eigenvalue weighted by atomic mass is 10.2. The largest absolute Gasteiger partial charge is 0.353 e. The van der Waals surface area contributed by atoms with E-state index >= 15 is 0 Å². The van der Waals surface area contributed by atoms with E-state index in [1.54, 1.807) is 0 Å². The summed E-state index contributed by atoms with van der Waals surface area (Å²) in [5, 5.41) is 2.94. The van der Waals surface area contributed by atoms with Crippen molar-refractivity contribution in [3.8, 4) is 0 Å². The molecule has 0 aromatic heterocycles. The SMILES string of the molecule is O=C1CN2[C@H](CCC23CC3)CN1. The lowest BCUT2D eigenvalue weighted by Crippen LogP contribution is -2.54. The predicted octanol–water partition coefficient (Wildman–Crippen LogP) is 0.113. The first-order chi connectivity index (χ1) is 5.80. The van der Waals surface area contributed by atoms with Gasteiger partial charge in [0.15, 0.2) is 0 Å². The summed E-state index contributed by atoms with van der Waals surface area (Å²) in [5.41, 5.74) is 0.489. The number of hydrogen-bond acceptors (Lipinski definition) is 2. The van der Waals surface area contributed by atoms with Gasteiger partial charge in [0.05, 0.1) is 6.54 Å². The number of fused-ring (bicyclic) bond motifs is 2. The van der Waals surface area contributed by atoms with Gasteiger partial charge in [0.2, 0.25) is 5.91 Å². The summed E-state index contributed by atoms with van der Waals surface area (Å²) in [5.74, 6) is 0.222. The molecule has 3 rings (SSSR count). The van der Waals surface area contributed by atoms with Gasteiger partial charge in [-0.2, -0.15) is 0 Å². The lowest BCUT2D eigenvalue weighted by Gasteiger charge is -2.33. The first-order valence-corrected chi connectivity index (χ1v) is 4.84. The van der Waals surface area contributed by atoms with E-state index in [1.807, 2.05) is 0 Å². The fraction of sp³-hybridized carbons (Fsp3) is 0.889. The predicted molar refractivity (Wildman–Crippen MR) is 44.7 cm³/mol. The van der Waals surface area contributed by atoms with E-state index in [0.717, 1.165) is 6.54 Å². The molecule has 2 heterocycles. The van der Waals surface area contributed by atoms with Gasteiger partial charge in [-0.05, 0) is 25.7 Å². The van der Waals surface area contributed by atoms with Crippen molar-refractivity contribution in [2.75, 3.05) is 13.1 Å². The molecule has 3 aliphatic rings. The molecule has 1 N–H and O–H groups in total. The Kier molecular flexibility index (Phi) is 1.16. The molecular formula is C9H14N2O. The van der Waals surface area contributed by atoms with Gasteiger partial charge >= 0.3 is 0 Å². The highest BCUT2D eigenvalue weighted by molar-refractivity contribution is 5.79. The summed E-state index contributed by atoms with van der Waals surface area (Å²) in [6.45, 7) is 1.55. The number of nitrogens with zero attached hydrogens (tertiary/aromatic N) is 1. The molecule has 3 heteroatoms. The normalized spacial score (nSPS) is 38.0. The first-order valence-electron chi connectivity index (χ1n) is 4.84. The zero-order valence-electron chi connectivity index (χ0n) is 7.18. The fourth-order valence-corrected chi connectivity index (χ4v) is 2.75. The van der Waals surface area contributed by atoms with E-state index in [0.29, 0.717) is 18.1 Å². The first kappa shape index (κ1) is 6.89. The zero-order valence-corrected chi connectivity index (χ0v) is 7.18. The highest BCUT2D eigenvalue weighted by atomic mass is 16.2. The molecule has 0 radical (unpaired) electrons. The average Bonchev–Trinajstić information content (AvgIpc) is 2.74. The highest BCUT2D eigenvalue weighted by Gasteiger charge is 2.55. The Balaban J connectivity index is 1.85. The van der Waals surface area contributed by atoms with Crippen LogP contribution in [0, 0.1) is 0 Å². The Morgan fingerprint density at radius 2 is 2.25 bits per heavy atom. The second-order valence-electron chi connectivity index (χ2n) is 4.35. The van der Waals surface area contributed by atoms with Gasteiger partial charge in [-0.15, -0.1) is 0 Å². The van der Waals surface area contributed by atoms with Crippen LogP contribution in [-0.2, 0) is 4.79 Å². The third-order valence-corrected chi connectivity index (χ3v) is 3.67. The van der Waals surface area contributed by atoms with E-state index < -0.39 is 0 Å². The monoisotopic (exact) mass is 166 g/mol. The minimum absolute atomic E-state index is 0.222. The van der Waals surface area contributed by atoms with Crippen molar-refractivity contribution in [3.05, 3.63) is 0 Å². The molecule has 1 amide bonds. The summed E-state index contributed by atoms with van der Waals surface area (Å²) < 4.78 is 0. The van der Waals surface area contributed by atoms with Crippen LogP contribution in [0.15, 0.2) is 0 Å². The van der Waals surface area contributed by atoms with Gasteiger partial charge in [0.1, 0.15) is 0 Å². The third kappa shape index (κ3) is 0.774. The van der Waals surface area contributed by atoms with E-state index in [9.17, 15) is 4.79 Å². The number of carbonyl (C=O) groups is 1. The Morgan fingerprint density at radius 1 is 1.42 bits per heavy atom. The number of hydrogen-bond donors (Lipinski definition) is 1. The molecule has 2 aliphatic heterocycles. The maximum atomic E-state index is 11.2. The van der Waals surface area contributed by atoms with Gasteiger partial charge in [-0.1, -0.05) is 0 Å². The number of carbonyl (C=O) groups excluding carboxylic acids is 1. The van der Waals surface area contributed by atoms with Crippen LogP contribution in [0.25, 0.3) is 0 Å². The van der Waals surface area contributed by atoms with Crippen molar-refractivity contribution in [2.24, 2.45) is 0 Å². The van der Waals surface area contributed by atoms with Crippen LogP contribution >= 0.6 is 0 Å². The van der Waals surface area contributed by atoms with Crippen LogP contribution in [0.5, 0.6) is 0 Å². The molecule has 0 unspecified atom stereocenters. The summed E-state index contributed by atoms with van der Waals surface area (Å²) in [4.78, 5) is 13.6. The Hall–Kier alpha value is -0.570. The second-order valence-corrected chi connectivity index (χ2v) is 4.35. The summed E-state index contributed by atoms with van der Waals surface area (Å²) >= 11 is 0. The van der Waals surface area contributed by atoms with Gasteiger partial charge in [-0.3, -0.25) is 9.69 Å². The zero-order chi connectivity index (χ0) is 8.18. The Labute approximate surface area is 72.1 Å². The number of nitrogens with one attached hydrogen (secondary N) is 1. The van der Waals surface area contributed by atoms with Crippen LogP contribution in [-0.4, -0.2) is 35.5 Å². The van der Waals surface area contributed by atoms with Crippen molar-refractivity contribution in [2.45, 2.75) is 37.3 Å². The summed E-state index contributed by atoms with van der Waals surface area (Å²) in [6, 6.07) is 0.658. The van der Waals surface area contributed by atoms with Crippen molar-refractivity contribution >= 4 is 5.91 Å². The maximum Gasteiger partial charge on any atom is 0.234 e. The molecule has 0 aromatic carbocycles. The molecule has 3 nitrogen and oxygen atoms in total. The summed E-state index contributed by atoms with van der Waals surface area (Å²) in [7, 11) is 0. The molecule has 1 atom stereocenters. The average molecular weight is 166 g/mol. The third-order valence-electron chi connectivity index (χ3n) is 3.67. The Bertz CT molecular complexity index is 235. The van der Waals surface area contributed by atoms with Crippen LogP contribution in [0.3, 0.4) is 0 Å². The van der Waals surface area contributed by atoms with Gasteiger partial charge in [0, 0.05) is 18.1 Å². The van der Waals surface area contributed by atoms with Gasteiger partial charge < -0.3 is 5.32 Å². The molecule has 0 bridgehead atoms. The van der Waals surface area contributed by atoms with Gasteiger partial charge in [0.25, 0.3) is 0 Å². The number of piperazine rings is 1. The molecule has 0 aromatic rings.